The molecule has 0 spiro atoms. The Kier molecular flexibility index (Phi) is 7.83. The number of nitrogens with zero attached hydrogens (tertiary/aromatic N) is 3. The zero-order chi connectivity index (χ0) is 22.2. The van der Waals surface area contributed by atoms with Crippen molar-refractivity contribution >= 4 is 11.0 Å². The number of likely N-dealkylation sites (tertiary alicyclic amines) is 1. The summed E-state index contributed by atoms with van der Waals surface area (Å²) in [6.45, 7) is 9.03. The molecule has 2 aromatic carbocycles. The van der Waals surface area contributed by atoms with Crippen LogP contribution in [0.3, 0.4) is 0 Å². The van der Waals surface area contributed by atoms with E-state index in [2.05, 4.69) is 46.4 Å². The Balaban J connectivity index is 1.36. The van der Waals surface area contributed by atoms with E-state index in [0.29, 0.717) is 6.61 Å². The minimum Gasteiger partial charge on any atom is -0.493 e. The van der Waals surface area contributed by atoms with Gasteiger partial charge in [0.2, 0.25) is 0 Å². The van der Waals surface area contributed by atoms with E-state index in [4.69, 9.17) is 14.5 Å². The molecule has 0 radical (unpaired) electrons. The Morgan fingerprint density at radius 2 is 1.88 bits per heavy atom. The molecule has 5 heteroatoms. The number of hydrogen-bond acceptors (Lipinski definition) is 4. The van der Waals surface area contributed by atoms with Crippen molar-refractivity contribution in [1.82, 2.24) is 14.5 Å². The third-order valence-corrected chi connectivity index (χ3v) is 6.20. The average molecular weight is 434 g/mol. The SMILES string of the molecule is C=CCc1ccc(OCCCn2c(CCCN3CCCC3)nc3ccccc32)c(OC)c1. The van der Waals surface area contributed by atoms with Gasteiger partial charge in [-0.2, -0.15) is 0 Å². The van der Waals surface area contributed by atoms with Crippen LogP contribution in [0.4, 0.5) is 0 Å². The minimum atomic E-state index is 0.636. The van der Waals surface area contributed by atoms with Gasteiger partial charge in [0.1, 0.15) is 5.82 Å². The predicted octanol–water partition coefficient (Wildman–Crippen LogP) is 5.27. The van der Waals surface area contributed by atoms with Gasteiger partial charge in [-0.1, -0.05) is 24.3 Å². The van der Waals surface area contributed by atoms with E-state index in [9.17, 15) is 0 Å². The second-order valence-corrected chi connectivity index (χ2v) is 8.50. The van der Waals surface area contributed by atoms with Crippen molar-refractivity contribution in [3.63, 3.8) is 0 Å². The van der Waals surface area contributed by atoms with Crippen LogP contribution >= 0.6 is 0 Å². The summed E-state index contributed by atoms with van der Waals surface area (Å²) in [7, 11) is 1.69. The van der Waals surface area contributed by atoms with Crippen molar-refractivity contribution in [3.8, 4) is 11.5 Å². The smallest absolute Gasteiger partial charge is 0.161 e. The van der Waals surface area contributed by atoms with E-state index in [1.54, 1.807) is 7.11 Å². The van der Waals surface area contributed by atoms with Crippen LogP contribution in [-0.2, 0) is 19.4 Å². The topological polar surface area (TPSA) is 39.5 Å². The first-order chi connectivity index (χ1) is 15.8. The van der Waals surface area contributed by atoms with Crippen molar-refractivity contribution in [2.45, 2.75) is 45.1 Å². The molecule has 0 bridgehead atoms. The standard InChI is InChI=1S/C27H35N3O2/c1-3-10-22-14-15-25(26(21-22)31-2)32-20-9-19-30-24-12-5-4-11-23(24)28-27(30)13-8-18-29-16-6-7-17-29/h3-5,11-12,14-15,21H,1,6-10,13,16-20H2,2H3. The Morgan fingerprint density at radius 3 is 2.69 bits per heavy atom. The first kappa shape index (κ1) is 22.4. The van der Waals surface area contributed by atoms with E-state index in [1.165, 1.54) is 49.4 Å². The lowest BCUT2D eigenvalue weighted by Crippen LogP contribution is -2.21. The monoisotopic (exact) mass is 433 g/mol. The summed E-state index contributed by atoms with van der Waals surface area (Å²) in [5.41, 5.74) is 3.48. The highest BCUT2D eigenvalue weighted by molar-refractivity contribution is 5.75. The lowest BCUT2D eigenvalue weighted by Gasteiger charge is -2.15. The highest BCUT2D eigenvalue weighted by Gasteiger charge is 2.14. The van der Waals surface area contributed by atoms with Gasteiger partial charge in [-0.05, 0) is 81.6 Å². The maximum atomic E-state index is 6.07. The number of fused-ring (bicyclic) bond motifs is 1. The fraction of sp³-hybridized carbons (Fsp3) is 0.444. The van der Waals surface area contributed by atoms with Gasteiger partial charge < -0.3 is 18.9 Å². The molecular weight excluding hydrogens is 398 g/mol. The Bertz CT molecular complexity index is 1020. The van der Waals surface area contributed by atoms with Gasteiger partial charge in [0.15, 0.2) is 11.5 Å². The minimum absolute atomic E-state index is 0.636. The molecule has 2 heterocycles. The van der Waals surface area contributed by atoms with Crippen LogP contribution in [0.5, 0.6) is 11.5 Å². The van der Waals surface area contributed by atoms with E-state index >= 15 is 0 Å². The number of aromatic nitrogens is 2. The Hall–Kier alpha value is -2.79. The van der Waals surface area contributed by atoms with E-state index < -0.39 is 0 Å². The number of aryl methyl sites for hydroxylation is 2. The van der Waals surface area contributed by atoms with Crippen molar-refractivity contribution in [2.75, 3.05) is 33.4 Å². The lowest BCUT2D eigenvalue weighted by atomic mass is 10.1. The quantitative estimate of drug-likeness (QED) is 0.288. The Morgan fingerprint density at radius 1 is 1.03 bits per heavy atom. The van der Waals surface area contributed by atoms with Crippen molar-refractivity contribution in [2.24, 2.45) is 0 Å². The molecule has 1 aromatic heterocycles. The van der Waals surface area contributed by atoms with Crippen LogP contribution < -0.4 is 9.47 Å². The first-order valence-electron chi connectivity index (χ1n) is 11.9. The first-order valence-corrected chi connectivity index (χ1v) is 11.9. The maximum Gasteiger partial charge on any atom is 0.161 e. The molecule has 1 saturated heterocycles. The molecule has 170 valence electrons. The zero-order valence-electron chi connectivity index (χ0n) is 19.3. The number of rotatable bonds is 12. The van der Waals surface area contributed by atoms with Gasteiger partial charge in [-0.3, -0.25) is 0 Å². The fourth-order valence-corrected chi connectivity index (χ4v) is 4.56. The molecule has 0 atom stereocenters. The molecule has 0 N–H and O–H groups in total. The van der Waals surface area contributed by atoms with Gasteiger partial charge in [0.05, 0.1) is 24.8 Å². The predicted molar refractivity (Wildman–Crippen MR) is 131 cm³/mol. The van der Waals surface area contributed by atoms with Gasteiger partial charge in [-0.15, -0.1) is 6.58 Å². The van der Waals surface area contributed by atoms with E-state index in [0.717, 1.165) is 49.2 Å². The normalized spacial score (nSPS) is 14.2. The number of allylic oxidation sites excluding steroid dienone is 1. The molecular formula is C27H35N3O2. The highest BCUT2D eigenvalue weighted by atomic mass is 16.5. The second-order valence-electron chi connectivity index (χ2n) is 8.50. The summed E-state index contributed by atoms with van der Waals surface area (Å²) in [5, 5.41) is 0. The molecule has 32 heavy (non-hydrogen) atoms. The maximum absolute atomic E-state index is 6.07. The van der Waals surface area contributed by atoms with E-state index in [-0.39, 0.29) is 0 Å². The van der Waals surface area contributed by atoms with Crippen LogP contribution in [0.2, 0.25) is 0 Å². The van der Waals surface area contributed by atoms with Crippen molar-refractivity contribution < 1.29 is 9.47 Å². The molecule has 0 amide bonds. The number of hydrogen-bond donors (Lipinski definition) is 0. The van der Waals surface area contributed by atoms with E-state index in [1.807, 2.05) is 18.2 Å². The van der Waals surface area contributed by atoms with Gasteiger partial charge >= 0.3 is 0 Å². The molecule has 4 rings (SSSR count). The summed E-state index contributed by atoms with van der Waals surface area (Å²) < 4.78 is 14.0. The summed E-state index contributed by atoms with van der Waals surface area (Å²) in [6.07, 6.45) is 8.51. The van der Waals surface area contributed by atoms with Crippen LogP contribution in [-0.4, -0.2) is 47.8 Å². The molecule has 1 fully saturated rings. The highest BCUT2D eigenvalue weighted by Crippen LogP contribution is 2.28. The number of benzene rings is 2. The van der Waals surface area contributed by atoms with Crippen LogP contribution in [0.15, 0.2) is 55.1 Å². The summed E-state index contributed by atoms with van der Waals surface area (Å²) in [6, 6.07) is 14.5. The zero-order valence-corrected chi connectivity index (χ0v) is 19.3. The number of para-hydroxylation sites is 2. The van der Waals surface area contributed by atoms with Crippen LogP contribution in [0, 0.1) is 0 Å². The molecule has 1 aliphatic rings. The molecule has 0 saturated carbocycles. The third kappa shape index (κ3) is 5.52. The third-order valence-electron chi connectivity index (χ3n) is 6.20. The largest absolute Gasteiger partial charge is 0.493 e. The second kappa shape index (κ2) is 11.2. The van der Waals surface area contributed by atoms with Gasteiger partial charge in [0, 0.05) is 13.0 Å². The Labute approximate surface area is 191 Å². The van der Waals surface area contributed by atoms with Crippen LogP contribution in [0.25, 0.3) is 11.0 Å². The van der Waals surface area contributed by atoms with Crippen LogP contribution in [0.1, 0.15) is 37.1 Å². The summed E-state index contributed by atoms with van der Waals surface area (Å²) in [4.78, 5) is 7.52. The fourth-order valence-electron chi connectivity index (χ4n) is 4.56. The number of methoxy groups -OCH3 is 1. The molecule has 1 aliphatic heterocycles. The molecule has 5 nitrogen and oxygen atoms in total. The van der Waals surface area contributed by atoms with Gasteiger partial charge in [-0.25, -0.2) is 4.98 Å². The molecule has 0 unspecified atom stereocenters. The van der Waals surface area contributed by atoms with Crippen molar-refractivity contribution in [1.29, 1.82) is 0 Å². The summed E-state index contributed by atoms with van der Waals surface area (Å²) in [5.74, 6) is 2.76. The number of ether oxygens (including phenoxy) is 2. The van der Waals surface area contributed by atoms with Gasteiger partial charge in [0.25, 0.3) is 0 Å². The molecule has 3 aromatic rings. The van der Waals surface area contributed by atoms with Crippen molar-refractivity contribution in [3.05, 3.63) is 66.5 Å². The lowest BCUT2D eigenvalue weighted by molar-refractivity contribution is 0.282. The summed E-state index contributed by atoms with van der Waals surface area (Å²) >= 11 is 0. The number of imidazole rings is 1. The average Bonchev–Trinajstić information content (AvgIpc) is 3.45. The molecule has 0 aliphatic carbocycles.